The Labute approximate surface area is 111 Å². The molecule has 0 aromatic carbocycles. The highest BCUT2D eigenvalue weighted by molar-refractivity contribution is 6.05. The van der Waals surface area contributed by atoms with Crippen LogP contribution in [0.15, 0.2) is 18.3 Å². The van der Waals surface area contributed by atoms with Crippen LogP contribution in [0.2, 0.25) is 0 Å². The van der Waals surface area contributed by atoms with Crippen LogP contribution in [0.5, 0.6) is 0 Å². The van der Waals surface area contributed by atoms with Crippen molar-refractivity contribution in [3.63, 3.8) is 0 Å². The molecule has 0 aliphatic carbocycles. The van der Waals surface area contributed by atoms with Crippen molar-refractivity contribution in [2.75, 3.05) is 23.3 Å². The summed E-state index contributed by atoms with van der Waals surface area (Å²) in [6.07, 6.45) is 3.88. The number of aromatic nitrogens is 1. The molecule has 1 fully saturated rings. The lowest BCUT2D eigenvalue weighted by Crippen LogP contribution is -2.28. The monoisotopic (exact) mass is 263 g/mol. The summed E-state index contributed by atoms with van der Waals surface area (Å²) < 4.78 is 0. The van der Waals surface area contributed by atoms with Crippen molar-refractivity contribution in [2.45, 2.75) is 19.8 Å². The van der Waals surface area contributed by atoms with E-state index in [9.17, 15) is 9.59 Å². The van der Waals surface area contributed by atoms with Gasteiger partial charge >= 0.3 is 5.97 Å². The molecule has 1 aromatic rings. The Morgan fingerprint density at radius 2 is 2.11 bits per heavy atom. The summed E-state index contributed by atoms with van der Waals surface area (Å²) in [7, 11) is 0. The standard InChI is InChI=1S/C13H17N3O3/c1-9(13(18)19)12(17)15-10-5-4-6-14-11(10)16-7-2-3-8-16/h4-6,9H,2-3,7-8H2,1H3,(H,15,17)(H,18,19). The molecular weight excluding hydrogens is 246 g/mol. The first-order chi connectivity index (χ1) is 9.09. The molecule has 1 unspecified atom stereocenters. The fourth-order valence-electron chi connectivity index (χ4n) is 2.03. The maximum atomic E-state index is 11.8. The molecule has 1 atom stereocenters. The highest BCUT2D eigenvalue weighted by atomic mass is 16.4. The molecule has 0 radical (unpaired) electrons. The Bertz CT molecular complexity index is 484. The molecular formula is C13H17N3O3. The Hall–Kier alpha value is -2.11. The van der Waals surface area contributed by atoms with E-state index in [-0.39, 0.29) is 0 Å². The van der Waals surface area contributed by atoms with Crippen molar-refractivity contribution in [3.8, 4) is 0 Å². The predicted octanol–water partition coefficient (Wildman–Crippen LogP) is 1.34. The lowest BCUT2D eigenvalue weighted by atomic mass is 10.1. The fraction of sp³-hybridized carbons (Fsp3) is 0.462. The van der Waals surface area contributed by atoms with Gasteiger partial charge in [0.25, 0.3) is 0 Å². The van der Waals surface area contributed by atoms with Crippen molar-refractivity contribution in [1.82, 2.24) is 4.98 Å². The van der Waals surface area contributed by atoms with E-state index in [1.54, 1.807) is 18.3 Å². The van der Waals surface area contributed by atoms with Gasteiger partial charge in [-0.05, 0) is 31.9 Å². The Morgan fingerprint density at radius 3 is 2.74 bits per heavy atom. The minimum Gasteiger partial charge on any atom is -0.481 e. The molecule has 1 aliphatic heterocycles. The van der Waals surface area contributed by atoms with E-state index >= 15 is 0 Å². The molecule has 1 aromatic heterocycles. The van der Waals surface area contributed by atoms with Crippen LogP contribution >= 0.6 is 0 Å². The number of hydrogen-bond donors (Lipinski definition) is 2. The molecule has 1 saturated heterocycles. The summed E-state index contributed by atoms with van der Waals surface area (Å²) in [5.74, 6) is -2.03. The van der Waals surface area contributed by atoms with Crippen LogP contribution in [0.3, 0.4) is 0 Å². The molecule has 2 heterocycles. The summed E-state index contributed by atoms with van der Waals surface area (Å²) in [5, 5.41) is 11.5. The normalized spacial score (nSPS) is 16.2. The number of nitrogens with zero attached hydrogens (tertiary/aromatic N) is 2. The van der Waals surface area contributed by atoms with Gasteiger partial charge in [0.05, 0.1) is 5.69 Å². The lowest BCUT2D eigenvalue weighted by molar-refractivity contribution is -0.144. The third-order valence-electron chi connectivity index (χ3n) is 3.21. The second kappa shape index (κ2) is 5.69. The molecule has 19 heavy (non-hydrogen) atoms. The number of carboxylic acids is 1. The summed E-state index contributed by atoms with van der Waals surface area (Å²) >= 11 is 0. The summed E-state index contributed by atoms with van der Waals surface area (Å²) in [6.45, 7) is 3.19. The van der Waals surface area contributed by atoms with Crippen LogP contribution in [-0.2, 0) is 9.59 Å². The van der Waals surface area contributed by atoms with E-state index in [1.807, 2.05) is 0 Å². The third kappa shape index (κ3) is 3.01. The van der Waals surface area contributed by atoms with Gasteiger partial charge in [-0.2, -0.15) is 0 Å². The van der Waals surface area contributed by atoms with Gasteiger partial charge in [-0.3, -0.25) is 9.59 Å². The van der Waals surface area contributed by atoms with Crippen molar-refractivity contribution in [1.29, 1.82) is 0 Å². The first-order valence-electron chi connectivity index (χ1n) is 6.33. The quantitative estimate of drug-likeness (QED) is 0.801. The van der Waals surface area contributed by atoms with Gasteiger partial charge in [-0.1, -0.05) is 0 Å². The van der Waals surface area contributed by atoms with Crippen molar-refractivity contribution in [2.24, 2.45) is 5.92 Å². The lowest BCUT2D eigenvalue weighted by Gasteiger charge is -2.20. The first kappa shape index (κ1) is 13.3. The largest absolute Gasteiger partial charge is 0.481 e. The third-order valence-corrected chi connectivity index (χ3v) is 3.21. The molecule has 2 N–H and O–H groups in total. The van der Waals surface area contributed by atoms with Gasteiger partial charge < -0.3 is 15.3 Å². The molecule has 0 spiro atoms. The van der Waals surface area contributed by atoms with E-state index in [0.717, 1.165) is 25.9 Å². The van der Waals surface area contributed by atoms with Crippen LogP contribution < -0.4 is 10.2 Å². The van der Waals surface area contributed by atoms with E-state index in [2.05, 4.69) is 15.2 Å². The zero-order valence-electron chi connectivity index (χ0n) is 10.8. The maximum Gasteiger partial charge on any atom is 0.315 e. The average molecular weight is 263 g/mol. The summed E-state index contributed by atoms with van der Waals surface area (Å²) in [6, 6.07) is 3.47. The first-order valence-corrected chi connectivity index (χ1v) is 6.33. The SMILES string of the molecule is CC(C(=O)O)C(=O)Nc1cccnc1N1CCCC1. The summed E-state index contributed by atoms with van der Waals surface area (Å²) in [4.78, 5) is 28.9. The average Bonchev–Trinajstić information content (AvgIpc) is 2.92. The zero-order chi connectivity index (χ0) is 13.8. The Kier molecular flexibility index (Phi) is 3.99. The van der Waals surface area contributed by atoms with E-state index in [0.29, 0.717) is 11.5 Å². The second-order valence-electron chi connectivity index (χ2n) is 4.62. The number of carboxylic acid groups (broad SMARTS) is 1. The maximum absolute atomic E-state index is 11.8. The van der Waals surface area contributed by atoms with Gasteiger partial charge in [0.15, 0.2) is 5.82 Å². The second-order valence-corrected chi connectivity index (χ2v) is 4.62. The molecule has 1 aliphatic rings. The number of anilines is 2. The number of nitrogens with one attached hydrogen (secondary N) is 1. The van der Waals surface area contributed by atoms with Gasteiger partial charge in [-0.25, -0.2) is 4.98 Å². The Balaban J connectivity index is 2.16. The van der Waals surface area contributed by atoms with Crippen LogP contribution in [0, 0.1) is 5.92 Å². The van der Waals surface area contributed by atoms with E-state index in [1.165, 1.54) is 6.92 Å². The van der Waals surface area contributed by atoms with Crippen molar-refractivity contribution in [3.05, 3.63) is 18.3 Å². The zero-order valence-corrected chi connectivity index (χ0v) is 10.8. The predicted molar refractivity (Wildman–Crippen MR) is 71.1 cm³/mol. The van der Waals surface area contributed by atoms with Crippen molar-refractivity contribution >= 4 is 23.4 Å². The minimum atomic E-state index is -1.14. The molecule has 6 nitrogen and oxygen atoms in total. The number of carbonyl (C=O) groups excluding carboxylic acids is 1. The number of hydrogen-bond acceptors (Lipinski definition) is 4. The number of aliphatic carboxylic acids is 1. The fourth-order valence-corrected chi connectivity index (χ4v) is 2.03. The van der Waals surface area contributed by atoms with Crippen molar-refractivity contribution < 1.29 is 14.7 Å². The van der Waals surface area contributed by atoms with Gasteiger partial charge in [0.2, 0.25) is 5.91 Å². The Morgan fingerprint density at radius 1 is 1.42 bits per heavy atom. The van der Waals surface area contributed by atoms with Gasteiger partial charge in [-0.15, -0.1) is 0 Å². The van der Waals surface area contributed by atoms with Crippen LogP contribution in [0.1, 0.15) is 19.8 Å². The highest BCUT2D eigenvalue weighted by Gasteiger charge is 2.23. The van der Waals surface area contributed by atoms with Crippen LogP contribution in [-0.4, -0.2) is 35.1 Å². The van der Waals surface area contributed by atoms with Crippen LogP contribution in [0.4, 0.5) is 11.5 Å². The van der Waals surface area contributed by atoms with Crippen LogP contribution in [0.25, 0.3) is 0 Å². The topological polar surface area (TPSA) is 82.5 Å². The summed E-state index contributed by atoms with van der Waals surface area (Å²) in [5.41, 5.74) is 0.572. The molecule has 0 saturated carbocycles. The number of rotatable bonds is 4. The molecule has 2 rings (SSSR count). The van der Waals surface area contributed by atoms with E-state index < -0.39 is 17.8 Å². The highest BCUT2D eigenvalue weighted by Crippen LogP contribution is 2.26. The minimum absolute atomic E-state index is 0.527. The van der Waals surface area contributed by atoms with E-state index in [4.69, 9.17) is 5.11 Å². The molecule has 102 valence electrons. The van der Waals surface area contributed by atoms with Gasteiger partial charge in [0, 0.05) is 19.3 Å². The molecule has 1 amide bonds. The molecule has 6 heteroatoms. The van der Waals surface area contributed by atoms with Gasteiger partial charge in [0.1, 0.15) is 5.92 Å². The smallest absolute Gasteiger partial charge is 0.315 e. The molecule has 0 bridgehead atoms. The number of carbonyl (C=O) groups is 2. The number of amides is 1. The number of pyridine rings is 1.